The van der Waals surface area contributed by atoms with Gasteiger partial charge in [0.2, 0.25) is 0 Å². The number of urea groups is 1. The van der Waals surface area contributed by atoms with Gasteiger partial charge in [0.05, 0.1) is 25.6 Å². The summed E-state index contributed by atoms with van der Waals surface area (Å²) in [6.45, 7) is 4.91. The second-order valence-electron chi connectivity index (χ2n) is 5.01. The van der Waals surface area contributed by atoms with Gasteiger partial charge in [-0.3, -0.25) is 0 Å². The molecule has 2 amide bonds. The molecule has 0 bridgehead atoms. The molecule has 0 unspecified atom stereocenters. The Morgan fingerprint density at radius 2 is 1.27 bits per heavy atom. The van der Waals surface area contributed by atoms with Gasteiger partial charge in [0.25, 0.3) is 0 Å². The van der Waals surface area contributed by atoms with E-state index in [-0.39, 0.29) is 0 Å². The van der Waals surface area contributed by atoms with Crippen LogP contribution in [0.25, 0.3) is 0 Å². The minimum absolute atomic E-state index is 0.552. The van der Waals surface area contributed by atoms with E-state index < -0.39 is 6.03 Å². The molecule has 26 heavy (non-hydrogen) atoms. The summed E-state index contributed by atoms with van der Waals surface area (Å²) in [7, 11) is 0. The number of nitrogens with zero attached hydrogens (tertiary/aromatic N) is 2. The number of hydrogen-bond donors (Lipinski definition) is 2. The van der Waals surface area contributed by atoms with Crippen LogP contribution < -0.4 is 20.3 Å². The van der Waals surface area contributed by atoms with E-state index in [4.69, 9.17) is 9.47 Å². The van der Waals surface area contributed by atoms with Crippen molar-refractivity contribution in [3.05, 3.63) is 59.7 Å². The lowest BCUT2D eigenvalue weighted by atomic mass is 10.2. The number of nitrogens with one attached hydrogen (secondary N) is 2. The van der Waals surface area contributed by atoms with Crippen molar-refractivity contribution in [1.29, 1.82) is 0 Å². The lowest BCUT2D eigenvalue weighted by Crippen LogP contribution is -2.28. The molecular formula is C19H22N4O3. The van der Waals surface area contributed by atoms with Crippen molar-refractivity contribution >= 4 is 18.5 Å². The molecule has 2 aromatic carbocycles. The molecule has 2 N–H and O–H groups in total. The van der Waals surface area contributed by atoms with Crippen LogP contribution in [0.4, 0.5) is 4.79 Å². The number of carbonyl (C=O) groups excluding carboxylic acids is 1. The molecule has 0 saturated heterocycles. The van der Waals surface area contributed by atoms with Crippen LogP contribution in [-0.2, 0) is 0 Å². The SMILES string of the molecule is CCOc1ccccc1/C=N\NC(=O)N/N=C/c1ccccc1OCC. The van der Waals surface area contributed by atoms with Crippen molar-refractivity contribution in [1.82, 2.24) is 10.9 Å². The standard InChI is InChI=1S/C19H22N4O3/c1-3-25-17-11-7-5-9-15(17)13-20-22-19(24)23-21-14-16-10-6-8-12-18(16)26-4-2/h5-14H,3-4H2,1-2H3,(H2,22,23,24)/b20-13-,21-14+. The Labute approximate surface area is 152 Å². The molecule has 2 rings (SSSR count). The summed E-state index contributed by atoms with van der Waals surface area (Å²) in [6, 6.07) is 14.3. The first-order valence-electron chi connectivity index (χ1n) is 8.30. The molecule has 7 nitrogen and oxygen atoms in total. The van der Waals surface area contributed by atoms with Crippen LogP contribution in [0.1, 0.15) is 25.0 Å². The molecule has 0 aliphatic heterocycles. The average Bonchev–Trinajstić information content (AvgIpc) is 2.65. The number of benzene rings is 2. The van der Waals surface area contributed by atoms with Crippen molar-refractivity contribution in [2.75, 3.05) is 13.2 Å². The molecule has 0 aliphatic rings. The topological polar surface area (TPSA) is 84.3 Å². The Hall–Kier alpha value is -3.35. The van der Waals surface area contributed by atoms with E-state index in [0.717, 1.165) is 11.1 Å². The van der Waals surface area contributed by atoms with Crippen LogP contribution in [0, 0.1) is 0 Å². The maximum absolute atomic E-state index is 11.7. The highest BCUT2D eigenvalue weighted by molar-refractivity contribution is 5.86. The number of amides is 2. The third kappa shape index (κ3) is 5.94. The molecule has 0 saturated carbocycles. The Bertz CT molecular complexity index is 711. The largest absolute Gasteiger partial charge is 0.493 e. The van der Waals surface area contributed by atoms with E-state index in [9.17, 15) is 4.79 Å². The van der Waals surface area contributed by atoms with Gasteiger partial charge in [-0.25, -0.2) is 15.6 Å². The zero-order valence-electron chi connectivity index (χ0n) is 14.8. The summed E-state index contributed by atoms with van der Waals surface area (Å²) >= 11 is 0. The normalized spacial score (nSPS) is 10.8. The fraction of sp³-hybridized carbons (Fsp3) is 0.211. The van der Waals surface area contributed by atoms with Gasteiger partial charge in [-0.05, 0) is 38.1 Å². The fourth-order valence-electron chi connectivity index (χ4n) is 2.09. The molecule has 0 atom stereocenters. The maximum atomic E-state index is 11.7. The van der Waals surface area contributed by atoms with Gasteiger partial charge >= 0.3 is 6.03 Å². The van der Waals surface area contributed by atoms with Crippen LogP contribution in [0.5, 0.6) is 11.5 Å². The van der Waals surface area contributed by atoms with Gasteiger partial charge in [-0.1, -0.05) is 24.3 Å². The quantitative estimate of drug-likeness (QED) is 0.564. The van der Waals surface area contributed by atoms with E-state index in [0.29, 0.717) is 24.7 Å². The first-order chi connectivity index (χ1) is 12.7. The molecule has 0 heterocycles. The highest BCUT2D eigenvalue weighted by Crippen LogP contribution is 2.16. The lowest BCUT2D eigenvalue weighted by molar-refractivity contribution is 0.242. The monoisotopic (exact) mass is 354 g/mol. The summed E-state index contributed by atoms with van der Waals surface area (Å²) in [6.07, 6.45) is 3.03. The zero-order valence-corrected chi connectivity index (χ0v) is 14.8. The molecule has 136 valence electrons. The molecule has 2 aromatic rings. The van der Waals surface area contributed by atoms with Crippen LogP contribution in [0.2, 0.25) is 0 Å². The van der Waals surface area contributed by atoms with Crippen LogP contribution in [0.15, 0.2) is 58.7 Å². The molecule has 0 aliphatic carbocycles. The predicted octanol–water partition coefficient (Wildman–Crippen LogP) is 3.15. The van der Waals surface area contributed by atoms with Crippen molar-refractivity contribution in [3.8, 4) is 11.5 Å². The summed E-state index contributed by atoms with van der Waals surface area (Å²) < 4.78 is 11.0. The summed E-state index contributed by atoms with van der Waals surface area (Å²) in [5, 5.41) is 7.78. The van der Waals surface area contributed by atoms with Crippen molar-refractivity contribution in [2.24, 2.45) is 10.2 Å². The second kappa shape index (κ2) is 10.5. The Balaban J connectivity index is 1.88. The Morgan fingerprint density at radius 3 is 1.69 bits per heavy atom. The third-order valence-corrected chi connectivity index (χ3v) is 3.18. The Kier molecular flexibility index (Phi) is 7.67. The Morgan fingerprint density at radius 1 is 0.846 bits per heavy atom. The average molecular weight is 354 g/mol. The number of rotatable bonds is 8. The fourth-order valence-corrected chi connectivity index (χ4v) is 2.09. The van der Waals surface area contributed by atoms with Crippen molar-refractivity contribution < 1.29 is 14.3 Å². The van der Waals surface area contributed by atoms with E-state index in [2.05, 4.69) is 21.1 Å². The van der Waals surface area contributed by atoms with Crippen LogP contribution in [-0.4, -0.2) is 31.7 Å². The molecule has 7 heteroatoms. The van der Waals surface area contributed by atoms with Gasteiger partial charge in [0.15, 0.2) is 0 Å². The van der Waals surface area contributed by atoms with Crippen LogP contribution in [0.3, 0.4) is 0 Å². The number of carbonyl (C=O) groups is 1. The first kappa shape index (κ1) is 19.0. The number of hydrazone groups is 2. The highest BCUT2D eigenvalue weighted by Gasteiger charge is 2.01. The lowest BCUT2D eigenvalue weighted by Gasteiger charge is -2.06. The van der Waals surface area contributed by atoms with Gasteiger partial charge in [-0.2, -0.15) is 10.2 Å². The minimum atomic E-state index is -0.555. The third-order valence-electron chi connectivity index (χ3n) is 3.18. The predicted molar refractivity (Wildman–Crippen MR) is 102 cm³/mol. The van der Waals surface area contributed by atoms with Crippen molar-refractivity contribution in [2.45, 2.75) is 13.8 Å². The molecule has 0 spiro atoms. The van der Waals surface area contributed by atoms with Gasteiger partial charge in [0, 0.05) is 11.1 Å². The first-order valence-corrected chi connectivity index (χ1v) is 8.30. The van der Waals surface area contributed by atoms with E-state index in [1.165, 1.54) is 12.4 Å². The summed E-state index contributed by atoms with van der Waals surface area (Å²) in [4.78, 5) is 11.7. The molecule has 0 aromatic heterocycles. The summed E-state index contributed by atoms with van der Waals surface area (Å²) in [5.74, 6) is 1.40. The van der Waals surface area contributed by atoms with E-state index in [1.807, 2.05) is 62.4 Å². The minimum Gasteiger partial charge on any atom is -0.493 e. The molecular weight excluding hydrogens is 332 g/mol. The van der Waals surface area contributed by atoms with Crippen molar-refractivity contribution in [3.63, 3.8) is 0 Å². The van der Waals surface area contributed by atoms with E-state index >= 15 is 0 Å². The van der Waals surface area contributed by atoms with Gasteiger partial charge in [-0.15, -0.1) is 0 Å². The number of hydrogen-bond acceptors (Lipinski definition) is 5. The number of ether oxygens (including phenoxy) is 2. The van der Waals surface area contributed by atoms with E-state index in [1.54, 1.807) is 0 Å². The van der Waals surface area contributed by atoms with Crippen LogP contribution >= 0.6 is 0 Å². The second-order valence-corrected chi connectivity index (χ2v) is 5.01. The smallest absolute Gasteiger partial charge is 0.355 e. The van der Waals surface area contributed by atoms with Gasteiger partial charge in [0.1, 0.15) is 11.5 Å². The maximum Gasteiger partial charge on any atom is 0.355 e. The summed E-state index contributed by atoms with van der Waals surface area (Å²) in [5.41, 5.74) is 6.23. The molecule has 0 radical (unpaired) electrons. The zero-order chi connectivity index (χ0) is 18.6. The highest BCUT2D eigenvalue weighted by atomic mass is 16.5. The number of para-hydroxylation sites is 2. The molecule has 0 fully saturated rings. The van der Waals surface area contributed by atoms with Gasteiger partial charge < -0.3 is 9.47 Å².